The topological polar surface area (TPSA) is 595 Å². The second kappa shape index (κ2) is 21.6. The molecule has 24 rings (SSSR count). The second-order valence-corrected chi connectivity index (χ2v) is 42.7. The summed E-state index contributed by atoms with van der Waals surface area (Å²) in [6.45, 7) is 28.6. The number of aliphatic hydroxyl groups excluding tert-OH is 8. The van der Waals surface area contributed by atoms with Gasteiger partial charge in [0.2, 0.25) is 47.6 Å². The summed E-state index contributed by atoms with van der Waals surface area (Å²) in [5, 5.41) is 139. The van der Waals surface area contributed by atoms with Crippen LogP contribution in [0.4, 0.5) is 0 Å². The number of ether oxygens (including phenoxy) is 16. The van der Waals surface area contributed by atoms with E-state index in [1.165, 1.54) is 27.7 Å². The van der Waals surface area contributed by atoms with Gasteiger partial charge in [-0.15, -0.1) is 0 Å². The van der Waals surface area contributed by atoms with E-state index in [1.54, 1.807) is 0 Å². The summed E-state index contributed by atoms with van der Waals surface area (Å²) in [7, 11) is 0. The van der Waals surface area contributed by atoms with E-state index in [0.29, 0.717) is 0 Å². The Labute approximate surface area is 680 Å². The molecule has 16 saturated heterocycles. The molecule has 0 aromatic heterocycles. The van der Waals surface area contributed by atoms with E-state index in [2.05, 4.69) is 0 Å². The van der Waals surface area contributed by atoms with E-state index in [0.717, 1.165) is 0 Å². The predicted molar refractivity (Wildman–Crippen MR) is 368 cm³/mol. The standard InChI is InChI=1S/4C20H24O10/c4*1-6-12(23)28-11-9(21)18-8-5-7(16(2,3)4)17(18)10(22)13(24)29-15(17)30-20(18,14(25)27-8)19(6,11)26/h4*6-11,15,21-22,26H,5H2,1-4H3/t4*6-,7+,8-,9+,10+,11+,15+,17+,18+,19-,20-/m1111/s1. The first-order chi connectivity index (χ1) is 55.4. The summed E-state index contributed by atoms with van der Waals surface area (Å²) in [4.78, 5) is 153. The van der Waals surface area contributed by atoms with Gasteiger partial charge in [-0.05, 0) is 98.7 Å². The SMILES string of the molecule is C[C@@H]1C(=O)O[C@H]2[C@H](O)[C@@]34[C@H]5C[C@@H](C(C)(C)C)[C@]36[C@@H](OC(=O)[C@@H]6O)O[C@@]4(C(=O)O5)[C@@]12O.C[C@@H]1C(=O)O[C@H]2[C@H](O)[C@@]34[C@H]5C[C@@H](C(C)(C)C)[C@]36[C@@H](OC(=O)[C@@H]6O)O[C@@]4(C(=O)O5)[C@@]12O.C[C@@H]1C(=O)O[C@H]2[C@H](O)[C@@]34[C@H]5C[C@@H](C(C)(C)C)[C@]36[C@@H](OC(=O)[C@@H]6O)O[C@@]4(C(=O)O5)[C@@]12O.C[C@@H]1C(=O)O[C@H]2[C@H](O)[C@@]34[C@H]5C[C@@H](C(C)(C)C)[C@]36[C@@H](OC(=O)[C@@H]6O)O[C@@]4(C(=O)O5)[C@@]12O. The molecular formula is C80H96O40. The van der Waals surface area contributed by atoms with Crippen LogP contribution in [-0.4, -0.2) is 301 Å². The minimum Gasteiger partial charge on any atom is -0.459 e. The number of aliphatic hydroxyl groups is 12. The minimum absolute atomic E-state index is 0.229. The highest BCUT2D eigenvalue weighted by Crippen LogP contribution is 2.90. The number of carbonyl (C=O) groups excluding carboxylic acids is 12. The fourth-order valence-electron chi connectivity index (χ4n) is 32.5. The Morgan fingerprint density at radius 1 is 0.258 bits per heavy atom. The highest BCUT2D eigenvalue weighted by Gasteiger charge is 3.09. The summed E-state index contributed by atoms with van der Waals surface area (Å²) in [6.07, 6.45) is -27.6. The number of esters is 12. The van der Waals surface area contributed by atoms with Crippen LogP contribution in [0.5, 0.6) is 0 Å². The van der Waals surface area contributed by atoms with Crippen molar-refractivity contribution in [1.29, 1.82) is 0 Å². The average Bonchev–Trinajstić information content (AvgIpc) is 1.44. The zero-order chi connectivity index (χ0) is 87.2. The van der Waals surface area contributed by atoms with E-state index in [1.807, 2.05) is 83.1 Å². The van der Waals surface area contributed by atoms with Gasteiger partial charge in [-0.2, -0.15) is 0 Å². The molecule has 8 aliphatic carbocycles. The number of carbonyl (C=O) groups is 12. The summed E-state index contributed by atoms with van der Waals surface area (Å²) in [5.41, 5.74) is -33.0. The zero-order valence-corrected chi connectivity index (χ0v) is 67.8. The molecule has 12 N–H and O–H groups in total. The molecule has 8 saturated carbocycles. The van der Waals surface area contributed by atoms with Crippen molar-refractivity contribution >= 4 is 71.6 Å². The lowest BCUT2D eigenvalue weighted by molar-refractivity contribution is -0.239. The number of hydrogen-bond acceptors (Lipinski definition) is 40. The number of hydrogen-bond donors (Lipinski definition) is 12. The zero-order valence-electron chi connectivity index (χ0n) is 67.8. The van der Waals surface area contributed by atoms with Crippen molar-refractivity contribution in [1.82, 2.24) is 0 Å². The monoisotopic (exact) mass is 1700 g/mol. The molecule has 8 spiro atoms. The first-order valence-electron chi connectivity index (χ1n) is 40.9. The lowest BCUT2D eigenvalue weighted by atomic mass is 9.51. The Hall–Kier alpha value is -7.00. The summed E-state index contributed by atoms with van der Waals surface area (Å²) in [6, 6.07) is 0. The molecule has 16 aliphatic heterocycles. The van der Waals surface area contributed by atoms with Crippen LogP contribution >= 0.6 is 0 Å². The van der Waals surface area contributed by atoms with E-state index < -0.39 is 352 Å². The van der Waals surface area contributed by atoms with Crippen LogP contribution in [0.15, 0.2) is 0 Å². The van der Waals surface area contributed by atoms with E-state index >= 15 is 0 Å². The molecule has 40 nitrogen and oxygen atoms in total. The fourth-order valence-corrected chi connectivity index (χ4v) is 32.5. The lowest BCUT2D eigenvalue weighted by Crippen LogP contribution is -2.67. The third-order valence-electron chi connectivity index (χ3n) is 36.0. The first kappa shape index (κ1) is 80.1. The van der Waals surface area contributed by atoms with E-state index in [4.69, 9.17) is 75.8 Å². The quantitative estimate of drug-likeness (QED) is 0.0795. The molecule has 120 heavy (non-hydrogen) atoms. The molecular weight excluding hydrogens is 1600 g/mol. The Bertz CT molecular complexity index is 4290. The molecule has 0 bridgehead atoms. The van der Waals surface area contributed by atoms with Gasteiger partial charge in [-0.1, -0.05) is 83.1 Å². The maximum Gasteiger partial charge on any atom is 0.343 e. The second-order valence-electron chi connectivity index (χ2n) is 42.7. The fraction of sp³-hybridized carbons (Fsp3) is 0.850. The molecule has 0 unspecified atom stereocenters. The minimum atomic E-state index is -2.24. The van der Waals surface area contributed by atoms with Crippen LogP contribution in [-0.2, 0) is 133 Å². The molecule has 0 amide bonds. The maximum atomic E-state index is 13.4. The molecule has 0 aromatic rings. The van der Waals surface area contributed by atoms with Crippen molar-refractivity contribution in [3.05, 3.63) is 0 Å². The van der Waals surface area contributed by atoms with Gasteiger partial charge in [0.25, 0.3) is 0 Å². The molecule has 40 heteroatoms. The van der Waals surface area contributed by atoms with Crippen LogP contribution in [0.1, 0.15) is 136 Å². The smallest absolute Gasteiger partial charge is 0.343 e. The molecule has 24 aliphatic rings. The van der Waals surface area contributed by atoms with Crippen LogP contribution in [0.2, 0.25) is 0 Å². The van der Waals surface area contributed by atoms with Crippen LogP contribution in [0.25, 0.3) is 0 Å². The molecule has 0 radical (unpaired) electrons. The largest absolute Gasteiger partial charge is 0.459 e. The maximum absolute atomic E-state index is 13.4. The van der Waals surface area contributed by atoms with Gasteiger partial charge in [0.15, 0.2) is 71.2 Å². The molecule has 24 fully saturated rings. The normalized spacial score (nSPS) is 60.1. The van der Waals surface area contributed by atoms with Crippen molar-refractivity contribution in [2.75, 3.05) is 0 Å². The number of fused-ring (bicyclic) bond motifs is 4. The third kappa shape index (κ3) is 6.66. The van der Waals surface area contributed by atoms with Crippen molar-refractivity contribution in [2.24, 2.45) is 112 Å². The Kier molecular flexibility index (Phi) is 14.4. The van der Waals surface area contributed by atoms with Crippen LogP contribution in [0.3, 0.4) is 0 Å². The highest BCUT2D eigenvalue weighted by molar-refractivity contribution is 5.98. The van der Waals surface area contributed by atoms with Gasteiger partial charge >= 0.3 is 71.6 Å². The van der Waals surface area contributed by atoms with Crippen molar-refractivity contribution in [3.8, 4) is 0 Å². The lowest BCUT2D eigenvalue weighted by Gasteiger charge is -2.47. The Balaban J connectivity index is 0.0000000990. The Morgan fingerprint density at radius 3 is 0.583 bits per heavy atom. The molecule has 16 heterocycles. The van der Waals surface area contributed by atoms with Gasteiger partial charge in [-0.25, -0.2) is 38.4 Å². The van der Waals surface area contributed by atoms with E-state index in [-0.39, 0.29) is 25.7 Å². The van der Waals surface area contributed by atoms with Gasteiger partial charge < -0.3 is 137 Å². The average molecular weight is 1700 g/mol. The first-order valence-corrected chi connectivity index (χ1v) is 40.9. The summed E-state index contributed by atoms with van der Waals surface area (Å²) in [5.74, 6) is -17.3. The molecule has 44 atom stereocenters. The van der Waals surface area contributed by atoms with Crippen LogP contribution in [0, 0.1) is 112 Å². The van der Waals surface area contributed by atoms with Gasteiger partial charge in [0.05, 0.1) is 67.0 Å². The molecule has 0 aromatic carbocycles. The van der Waals surface area contributed by atoms with Crippen molar-refractivity contribution in [3.63, 3.8) is 0 Å². The van der Waals surface area contributed by atoms with Gasteiger partial charge in [-0.3, -0.25) is 19.2 Å². The predicted octanol–water partition coefficient (Wildman–Crippen LogP) is -5.48. The summed E-state index contributed by atoms with van der Waals surface area (Å²) >= 11 is 0. The van der Waals surface area contributed by atoms with Crippen molar-refractivity contribution in [2.45, 2.75) is 304 Å². The van der Waals surface area contributed by atoms with Gasteiger partial charge in [0, 0.05) is 0 Å². The van der Waals surface area contributed by atoms with Crippen molar-refractivity contribution < 1.29 is 195 Å². The Morgan fingerprint density at radius 2 is 0.425 bits per heavy atom. The highest BCUT2D eigenvalue weighted by atomic mass is 16.8. The summed E-state index contributed by atoms with van der Waals surface area (Å²) < 4.78 is 90.1. The third-order valence-corrected chi connectivity index (χ3v) is 36.0. The van der Waals surface area contributed by atoms with Crippen LogP contribution < -0.4 is 0 Å². The molecule has 656 valence electrons. The number of rotatable bonds is 0. The van der Waals surface area contributed by atoms with Gasteiger partial charge in [0.1, 0.15) is 48.8 Å². The van der Waals surface area contributed by atoms with E-state index in [9.17, 15) is 119 Å².